The fraction of sp³-hybridized carbons (Fsp3) is 0.280. The summed E-state index contributed by atoms with van der Waals surface area (Å²) in [5.41, 5.74) is 4.40. The SMILES string of the molecule is CC/C(=C\c1nc(-c2ccc(Cl)cc2Cl)oc1C(C)C)c1ccc(OOC(C)=O)c(C)c1. The van der Waals surface area contributed by atoms with E-state index in [4.69, 9.17) is 37.5 Å². The Labute approximate surface area is 197 Å². The van der Waals surface area contributed by atoms with E-state index in [2.05, 4.69) is 25.7 Å². The third-order valence-corrected chi connectivity index (χ3v) is 5.40. The molecule has 1 aromatic heterocycles. The number of rotatable bonds is 7. The minimum atomic E-state index is -0.508. The Morgan fingerprint density at radius 3 is 2.53 bits per heavy atom. The van der Waals surface area contributed by atoms with Crippen LogP contribution in [0.4, 0.5) is 0 Å². The average Bonchev–Trinajstić information content (AvgIpc) is 3.14. The topological polar surface area (TPSA) is 61.6 Å². The highest BCUT2D eigenvalue weighted by atomic mass is 35.5. The number of hydrogen-bond donors (Lipinski definition) is 0. The van der Waals surface area contributed by atoms with Crippen molar-refractivity contribution in [3.63, 3.8) is 0 Å². The van der Waals surface area contributed by atoms with Crippen LogP contribution in [-0.2, 0) is 9.68 Å². The van der Waals surface area contributed by atoms with E-state index >= 15 is 0 Å². The summed E-state index contributed by atoms with van der Waals surface area (Å²) >= 11 is 12.4. The normalized spacial score (nSPS) is 11.7. The molecule has 3 rings (SSSR count). The van der Waals surface area contributed by atoms with Gasteiger partial charge in [0.15, 0.2) is 5.75 Å². The Bertz CT molecular complexity index is 1160. The second-order valence-electron chi connectivity index (χ2n) is 7.71. The maximum absolute atomic E-state index is 11.0. The molecular formula is C25H25Cl2NO4. The summed E-state index contributed by atoms with van der Waals surface area (Å²) in [4.78, 5) is 25.5. The number of aryl methyl sites for hydroxylation is 1. The van der Waals surface area contributed by atoms with Gasteiger partial charge in [-0.2, -0.15) is 0 Å². The van der Waals surface area contributed by atoms with Gasteiger partial charge in [0.1, 0.15) is 11.5 Å². The maximum atomic E-state index is 11.0. The third kappa shape index (κ3) is 5.53. The number of aromatic nitrogens is 1. The van der Waals surface area contributed by atoms with Crippen LogP contribution >= 0.6 is 23.2 Å². The van der Waals surface area contributed by atoms with Gasteiger partial charge in [-0.3, -0.25) is 9.78 Å². The van der Waals surface area contributed by atoms with Gasteiger partial charge in [-0.25, -0.2) is 9.78 Å². The van der Waals surface area contributed by atoms with Crippen LogP contribution in [0, 0.1) is 6.92 Å². The van der Waals surface area contributed by atoms with Gasteiger partial charge < -0.3 is 4.42 Å². The van der Waals surface area contributed by atoms with Crippen molar-refractivity contribution in [1.29, 1.82) is 0 Å². The monoisotopic (exact) mass is 473 g/mol. The molecule has 0 aliphatic carbocycles. The molecule has 32 heavy (non-hydrogen) atoms. The first-order valence-corrected chi connectivity index (χ1v) is 11.1. The fourth-order valence-corrected chi connectivity index (χ4v) is 3.73. The average molecular weight is 474 g/mol. The van der Waals surface area contributed by atoms with Crippen molar-refractivity contribution < 1.29 is 19.0 Å². The van der Waals surface area contributed by atoms with Crippen LogP contribution < -0.4 is 4.89 Å². The van der Waals surface area contributed by atoms with Crippen molar-refractivity contribution in [1.82, 2.24) is 4.98 Å². The molecule has 0 saturated carbocycles. The molecule has 7 heteroatoms. The summed E-state index contributed by atoms with van der Waals surface area (Å²) in [7, 11) is 0. The number of hydrogen-bond acceptors (Lipinski definition) is 5. The van der Waals surface area contributed by atoms with E-state index in [1.807, 2.05) is 25.1 Å². The van der Waals surface area contributed by atoms with Crippen LogP contribution in [0.3, 0.4) is 0 Å². The van der Waals surface area contributed by atoms with Crippen LogP contribution in [0.1, 0.15) is 62.6 Å². The molecule has 0 saturated heterocycles. The summed E-state index contributed by atoms with van der Waals surface area (Å²) in [6.45, 7) is 9.38. The van der Waals surface area contributed by atoms with Crippen molar-refractivity contribution in [2.24, 2.45) is 0 Å². The maximum Gasteiger partial charge on any atom is 0.352 e. The van der Waals surface area contributed by atoms with E-state index in [0.29, 0.717) is 27.2 Å². The first-order valence-electron chi connectivity index (χ1n) is 10.3. The summed E-state index contributed by atoms with van der Waals surface area (Å²) in [5.74, 6) is 1.35. The zero-order chi connectivity index (χ0) is 23.4. The zero-order valence-corrected chi connectivity index (χ0v) is 20.2. The second kappa shape index (κ2) is 10.2. The lowest BCUT2D eigenvalue weighted by atomic mass is 9.98. The van der Waals surface area contributed by atoms with Crippen molar-refractivity contribution in [3.8, 4) is 17.2 Å². The molecule has 0 unspecified atom stereocenters. The van der Waals surface area contributed by atoms with Crippen LogP contribution in [0.15, 0.2) is 40.8 Å². The van der Waals surface area contributed by atoms with Crippen molar-refractivity contribution in [3.05, 3.63) is 69.0 Å². The van der Waals surface area contributed by atoms with E-state index in [9.17, 15) is 4.79 Å². The van der Waals surface area contributed by atoms with Crippen LogP contribution in [0.25, 0.3) is 23.1 Å². The highest BCUT2D eigenvalue weighted by molar-refractivity contribution is 6.36. The van der Waals surface area contributed by atoms with Gasteiger partial charge in [-0.05, 0) is 66.5 Å². The molecule has 0 aliphatic heterocycles. The van der Waals surface area contributed by atoms with Crippen LogP contribution in [0.2, 0.25) is 10.0 Å². The molecule has 0 fully saturated rings. The molecule has 2 aromatic carbocycles. The van der Waals surface area contributed by atoms with Gasteiger partial charge >= 0.3 is 5.97 Å². The Hall–Kier alpha value is -2.76. The molecule has 0 amide bonds. The number of carbonyl (C=O) groups is 1. The number of allylic oxidation sites excluding steroid dienone is 1. The lowest BCUT2D eigenvalue weighted by molar-refractivity contribution is -0.211. The zero-order valence-electron chi connectivity index (χ0n) is 18.7. The quantitative estimate of drug-likeness (QED) is 0.257. The van der Waals surface area contributed by atoms with Gasteiger partial charge in [0, 0.05) is 17.9 Å². The molecule has 0 bridgehead atoms. The molecule has 5 nitrogen and oxygen atoms in total. The highest BCUT2D eigenvalue weighted by Gasteiger charge is 2.19. The van der Waals surface area contributed by atoms with E-state index < -0.39 is 5.97 Å². The van der Waals surface area contributed by atoms with Crippen LogP contribution in [0.5, 0.6) is 5.75 Å². The smallest absolute Gasteiger partial charge is 0.352 e. The van der Waals surface area contributed by atoms with Crippen molar-refractivity contribution in [2.75, 3.05) is 0 Å². The van der Waals surface area contributed by atoms with E-state index in [0.717, 1.165) is 34.6 Å². The Morgan fingerprint density at radius 1 is 1.19 bits per heavy atom. The Kier molecular flexibility index (Phi) is 7.64. The molecule has 0 aliphatic rings. The standard InChI is InChI=1S/C25H25Cl2NO4/c1-6-17(18-7-10-23(15(4)11-18)32-31-16(5)29)12-22-24(14(2)3)30-25(28-22)20-9-8-19(26)13-21(20)27/h7-14H,6H2,1-5H3/b17-12+. The molecule has 0 spiro atoms. The fourth-order valence-electron chi connectivity index (χ4n) is 3.24. The molecule has 1 heterocycles. The molecule has 3 aromatic rings. The van der Waals surface area contributed by atoms with Crippen molar-refractivity contribution >= 4 is 40.8 Å². The largest absolute Gasteiger partial charge is 0.440 e. The van der Waals surface area contributed by atoms with Gasteiger partial charge in [0.25, 0.3) is 0 Å². The number of benzene rings is 2. The second-order valence-corrected chi connectivity index (χ2v) is 8.55. The number of nitrogens with zero attached hydrogens (tertiary/aromatic N) is 1. The van der Waals surface area contributed by atoms with E-state index in [-0.39, 0.29) is 5.92 Å². The summed E-state index contributed by atoms with van der Waals surface area (Å²) in [5, 5.41) is 1.04. The van der Waals surface area contributed by atoms with Gasteiger partial charge in [0.2, 0.25) is 5.89 Å². The van der Waals surface area contributed by atoms with Gasteiger partial charge in [-0.1, -0.05) is 50.0 Å². The summed E-state index contributed by atoms with van der Waals surface area (Å²) in [6.07, 6.45) is 2.82. The number of carbonyl (C=O) groups excluding carboxylic acids is 1. The third-order valence-electron chi connectivity index (χ3n) is 4.85. The minimum Gasteiger partial charge on any atom is -0.440 e. The molecule has 168 valence electrons. The Morgan fingerprint density at radius 2 is 1.94 bits per heavy atom. The highest BCUT2D eigenvalue weighted by Crippen LogP contribution is 2.35. The van der Waals surface area contributed by atoms with E-state index in [1.54, 1.807) is 24.3 Å². The van der Waals surface area contributed by atoms with Crippen molar-refractivity contribution in [2.45, 2.75) is 47.0 Å². The molecular weight excluding hydrogens is 449 g/mol. The predicted molar refractivity (Wildman–Crippen MR) is 128 cm³/mol. The van der Waals surface area contributed by atoms with Crippen LogP contribution in [-0.4, -0.2) is 11.0 Å². The molecule has 0 N–H and O–H groups in total. The number of oxazole rings is 1. The first-order chi connectivity index (χ1) is 15.2. The van der Waals surface area contributed by atoms with Gasteiger partial charge in [0.05, 0.1) is 10.6 Å². The summed E-state index contributed by atoms with van der Waals surface area (Å²) in [6, 6.07) is 10.9. The van der Waals surface area contributed by atoms with E-state index in [1.165, 1.54) is 6.92 Å². The van der Waals surface area contributed by atoms with Gasteiger partial charge in [-0.15, -0.1) is 0 Å². The lowest BCUT2D eigenvalue weighted by Crippen LogP contribution is -2.04. The molecule has 0 radical (unpaired) electrons. The molecule has 0 atom stereocenters. The number of halogens is 2. The Balaban J connectivity index is 2.00. The minimum absolute atomic E-state index is 0.132. The first kappa shape index (κ1) is 23.9. The predicted octanol–water partition coefficient (Wildman–Crippen LogP) is 7.89. The lowest BCUT2D eigenvalue weighted by Gasteiger charge is -2.10. The summed E-state index contributed by atoms with van der Waals surface area (Å²) < 4.78 is 6.11.